The maximum atomic E-state index is 12.7. The van der Waals surface area contributed by atoms with Crippen molar-refractivity contribution in [3.05, 3.63) is 54.2 Å². The van der Waals surface area contributed by atoms with Crippen LogP contribution in [0.2, 0.25) is 0 Å². The molecule has 0 unspecified atom stereocenters. The van der Waals surface area contributed by atoms with Gasteiger partial charge in [-0.1, -0.05) is 25.1 Å². The monoisotopic (exact) mass is 327 g/mol. The number of hydrogen-bond donors (Lipinski definition) is 1. The molecule has 1 aromatic heterocycles. The Kier molecular flexibility index (Phi) is 6.31. The summed E-state index contributed by atoms with van der Waals surface area (Å²) >= 11 is 0. The zero-order chi connectivity index (χ0) is 17.4. The van der Waals surface area contributed by atoms with Crippen LogP contribution >= 0.6 is 0 Å². The van der Waals surface area contributed by atoms with Crippen molar-refractivity contribution in [1.29, 1.82) is 0 Å². The van der Waals surface area contributed by atoms with E-state index in [-0.39, 0.29) is 18.4 Å². The number of para-hydroxylation sites is 1. The second-order valence-corrected chi connectivity index (χ2v) is 5.20. The van der Waals surface area contributed by atoms with Gasteiger partial charge in [0.25, 0.3) is 5.91 Å². The fourth-order valence-electron chi connectivity index (χ4n) is 2.16. The zero-order valence-electron chi connectivity index (χ0n) is 13.9. The number of likely N-dealkylation sites (N-methyl/N-ethyl adjacent to an activating group) is 1. The van der Waals surface area contributed by atoms with Gasteiger partial charge in [0, 0.05) is 31.4 Å². The van der Waals surface area contributed by atoms with E-state index < -0.39 is 0 Å². The Balaban J connectivity index is 2.16. The molecule has 1 N–H and O–H groups in total. The molecular formula is C18H21N3O3. The van der Waals surface area contributed by atoms with Crippen LogP contribution in [0.3, 0.4) is 0 Å². The predicted octanol–water partition coefficient (Wildman–Crippen LogP) is 2.47. The number of nitrogens with one attached hydrogen (secondary N) is 1. The maximum absolute atomic E-state index is 12.7. The number of carbonyl (C=O) groups excluding carboxylic acids is 2. The highest BCUT2D eigenvalue weighted by atomic mass is 16.5. The van der Waals surface area contributed by atoms with Gasteiger partial charge < -0.3 is 15.0 Å². The van der Waals surface area contributed by atoms with Crippen LogP contribution in [0.5, 0.6) is 11.6 Å². The highest BCUT2D eigenvalue weighted by Gasteiger charge is 2.18. The minimum absolute atomic E-state index is 0.0281. The van der Waals surface area contributed by atoms with Crippen LogP contribution in [0, 0.1) is 0 Å². The third kappa shape index (κ3) is 4.81. The molecule has 0 radical (unpaired) electrons. The van der Waals surface area contributed by atoms with E-state index >= 15 is 0 Å². The Morgan fingerprint density at radius 3 is 2.62 bits per heavy atom. The molecule has 0 atom stereocenters. The molecule has 0 fully saturated rings. The van der Waals surface area contributed by atoms with Crippen molar-refractivity contribution < 1.29 is 14.3 Å². The van der Waals surface area contributed by atoms with Crippen molar-refractivity contribution in [2.75, 3.05) is 20.1 Å². The molecule has 6 heteroatoms. The SMILES string of the molecule is CCCN(CC(=O)NC)C(=O)c1ccnc(Oc2ccccc2)c1. The summed E-state index contributed by atoms with van der Waals surface area (Å²) in [5.74, 6) is 0.557. The van der Waals surface area contributed by atoms with Crippen LogP contribution in [-0.4, -0.2) is 41.8 Å². The summed E-state index contributed by atoms with van der Waals surface area (Å²) in [6.07, 6.45) is 2.29. The van der Waals surface area contributed by atoms with E-state index in [0.29, 0.717) is 23.7 Å². The molecule has 0 saturated carbocycles. The topological polar surface area (TPSA) is 71.5 Å². The van der Waals surface area contributed by atoms with Gasteiger partial charge in [-0.05, 0) is 24.6 Å². The molecule has 0 aliphatic rings. The van der Waals surface area contributed by atoms with Crippen LogP contribution in [0.25, 0.3) is 0 Å². The summed E-state index contributed by atoms with van der Waals surface area (Å²) in [7, 11) is 1.55. The van der Waals surface area contributed by atoms with Gasteiger partial charge >= 0.3 is 0 Å². The van der Waals surface area contributed by atoms with E-state index in [1.165, 1.54) is 11.1 Å². The highest BCUT2D eigenvalue weighted by Crippen LogP contribution is 2.20. The third-order valence-electron chi connectivity index (χ3n) is 3.34. The van der Waals surface area contributed by atoms with Gasteiger partial charge in [-0.3, -0.25) is 9.59 Å². The first-order valence-corrected chi connectivity index (χ1v) is 7.83. The number of rotatable bonds is 7. The lowest BCUT2D eigenvalue weighted by Gasteiger charge is -2.21. The summed E-state index contributed by atoms with van der Waals surface area (Å²) in [4.78, 5) is 29.9. The van der Waals surface area contributed by atoms with Gasteiger partial charge in [0.05, 0.1) is 6.54 Å². The van der Waals surface area contributed by atoms with Gasteiger partial charge in [-0.25, -0.2) is 4.98 Å². The number of aromatic nitrogens is 1. The Morgan fingerprint density at radius 2 is 1.96 bits per heavy atom. The van der Waals surface area contributed by atoms with E-state index in [1.54, 1.807) is 19.2 Å². The van der Waals surface area contributed by atoms with Crippen molar-refractivity contribution in [2.45, 2.75) is 13.3 Å². The third-order valence-corrected chi connectivity index (χ3v) is 3.34. The molecule has 0 aliphatic heterocycles. The highest BCUT2D eigenvalue weighted by molar-refractivity contribution is 5.96. The van der Waals surface area contributed by atoms with E-state index in [4.69, 9.17) is 4.74 Å². The minimum atomic E-state index is -0.222. The Labute approximate surface area is 141 Å². The molecule has 2 rings (SSSR count). The van der Waals surface area contributed by atoms with E-state index in [1.807, 2.05) is 37.3 Å². The van der Waals surface area contributed by atoms with Crippen LogP contribution in [0.1, 0.15) is 23.7 Å². The molecule has 6 nitrogen and oxygen atoms in total. The van der Waals surface area contributed by atoms with Crippen LogP contribution in [-0.2, 0) is 4.79 Å². The van der Waals surface area contributed by atoms with Crippen LogP contribution in [0.4, 0.5) is 0 Å². The fraction of sp³-hybridized carbons (Fsp3) is 0.278. The molecule has 0 saturated heterocycles. The van der Waals surface area contributed by atoms with Gasteiger partial charge in [-0.2, -0.15) is 0 Å². The average Bonchev–Trinajstić information content (AvgIpc) is 2.61. The van der Waals surface area contributed by atoms with Crippen molar-refractivity contribution in [3.63, 3.8) is 0 Å². The Hall–Kier alpha value is -2.89. The number of ether oxygens (including phenoxy) is 1. The number of pyridine rings is 1. The fourth-order valence-corrected chi connectivity index (χ4v) is 2.16. The standard InChI is InChI=1S/C18H21N3O3/c1-3-11-21(13-16(22)19-2)18(23)14-9-10-20-17(12-14)24-15-7-5-4-6-8-15/h4-10,12H,3,11,13H2,1-2H3,(H,19,22). The predicted molar refractivity (Wildman–Crippen MR) is 91.0 cm³/mol. The maximum Gasteiger partial charge on any atom is 0.254 e. The molecule has 2 aromatic rings. The second kappa shape index (κ2) is 8.67. The smallest absolute Gasteiger partial charge is 0.254 e. The van der Waals surface area contributed by atoms with E-state index in [0.717, 1.165) is 6.42 Å². The average molecular weight is 327 g/mol. The van der Waals surface area contributed by atoms with E-state index in [9.17, 15) is 9.59 Å². The largest absolute Gasteiger partial charge is 0.439 e. The summed E-state index contributed by atoms with van der Waals surface area (Å²) in [5.41, 5.74) is 0.438. The molecular weight excluding hydrogens is 306 g/mol. The van der Waals surface area contributed by atoms with Crippen molar-refractivity contribution >= 4 is 11.8 Å². The van der Waals surface area contributed by atoms with Crippen molar-refractivity contribution in [2.24, 2.45) is 0 Å². The van der Waals surface area contributed by atoms with Crippen molar-refractivity contribution in [3.8, 4) is 11.6 Å². The lowest BCUT2D eigenvalue weighted by molar-refractivity contribution is -0.121. The van der Waals surface area contributed by atoms with Crippen LogP contribution < -0.4 is 10.1 Å². The summed E-state index contributed by atoms with van der Waals surface area (Å²) in [5, 5.41) is 2.53. The van der Waals surface area contributed by atoms with Gasteiger partial charge in [-0.15, -0.1) is 0 Å². The molecule has 2 amide bonds. The normalized spacial score (nSPS) is 10.1. The zero-order valence-corrected chi connectivity index (χ0v) is 13.9. The van der Waals surface area contributed by atoms with E-state index in [2.05, 4.69) is 10.3 Å². The lowest BCUT2D eigenvalue weighted by Crippen LogP contribution is -2.40. The van der Waals surface area contributed by atoms with Gasteiger partial charge in [0.2, 0.25) is 11.8 Å². The summed E-state index contributed by atoms with van der Waals surface area (Å²) in [6.45, 7) is 2.49. The lowest BCUT2D eigenvalue weighted by atomic mass is 10.2. The van der Waals surface area contributed by atoms with Gasteiger partial charge in [0.1, 0.15) is 5.75 Å². The second-order valence-electron chi connectivity index (χ2n) is 5.20. The molecule has 1 aromatic carbocycles. The first-order chi connectivity index (χ1) is 11.6. The quantitative estimate of drug-likeness (QED) is 0.848. The summed E-state index contributed by atoms with van der Waals surface area (Å²) in [6, 6.07) is 12.4. The first kappa shape index (κ1) is 17.5. The number of benzene rings is 1. The first-order valence-electron chi connectivity index (χ1n) is 7.83. The number of nitrogens with zero attached hydrogens (tertiary/aromatic N) is 2. The number of hydrogen-bond acceptors (Lipinski definition) is 4. The molecule has 24 heavy (non-hydrogen) atoms. The molecule has 0 aliphatic carbocycles. The van der Waals surface area contributed by atoms with Crippen LogP contribution in [0.15, 0.2) is 48.7 Å². The molecule has 1 heterocycles. The van der Waals surface area contributed by atoms with Crippen molar-refractivity contribution in [1.82, 2.24) is 15.2 Å². The minimum Gasteiger partial charge on any atom is -0.439 e. The number of amides is 2. The molecule has 0 spiro atoms. The summed E-state index contributed by atoms with van der Waals surface area (Å²) < 4.78 is 5.65. The molecule has 126 valence electrons. The number of carbonyl (C=O) groups is 2. The Morgan fingerprint density at radius 1 is 1.21 bits per heavy atom. The Bertz CT molecular complexity index is 689. The molecule has 0 bridgehead atoms. The van der Waals surface area contributed by atoms with Gasteiger partial charge in [0.15, 0.2) is 0 Å².